The Balaban J connectivity index is 2.27. The largest absolute Gasteiger partial charge is 0.478 e. The lowest BCUT2D eigenvalue weighted by Crippen LogP contribution is -2.32. The topological polar surface area (TPSA) is 72.5 Å². The van der Waals surface area contributed by atoms with Crippen LogP contribution in [-0.2, 0) is 9.53 Å². The smallest absolute Gasteiger partial charge is 0.239 e. The van der Waals surface area contributed by atoms with E-state index in [1.165, 1.54) is 0 Å². The van der Waals surface area contributed by atoms with Crippen molar-refractivity contribution in [1.82, 2.24) is 10.3 Å². The molecule has 0 saturated carbocycles. The van der Waals surface area contributed by atoms with Crippen LogP contribution in [0, 0.1) is 0 Å². The number of hydrogen-bond acceptors (Lipinski definition) is 5. The van der Waals surface area contributed by atoms with Crippen molar-refractivity contribution in [3.63, 3.8) is 0 Å². The number of methoxy groups -OCH3 is 1. The van der Waals surface area contributed by atoms with Gasteiger partial charge in [-0.3, -0.25) is 4.79 Å². The first-order chi connectivity index (χ1) is 8.76. The van der Waals surface area contributed by atoms with Crippen molar-refractivity contribution in [1.29, 1.82) is 0 Å². The Bertz CT molecular complexity index is 354. The summed E-state index contributed by atoms with van der Waals surface area (Å²) in [6.45, 7) is 3.72. The molecule has 2 N–H and O–H groups in total. The van der Waals surface area contributed by atoms with E-state index >= 15 is 0 Å². The van der Waals surface area contributed by atoms with Gasteiger partial charge in [-0.2, -0.15) is 0 Å². The van der Waals surface area contributed by atoms with Crippen LogP contribution < -0.4 is 15.4 Å². The van der Waals surface area contributed by atoms with Gasteiger partial charge in [-0.1, -0.05) is 0 Å². The average molecular weight is 253 g/mol. The second-order valence-corrected chi connectivity index (χ2v) is 3.51. The van der Waals surface area contributed by atoms with Gasteiger partial charge in [-0.05, 0) is 13.0 Å². The number of nitrogens with one attached hydrogen (secondary N) is 2. The molecule has 6 nitrogen and oxygen atoms in total. The van der Waals surface area contributed by atoms with Gasteiger partial charge in [-0.15, -0.1) is 0 Å². The third-order valence-corrected chi connectivity index (χ3v) is 2.11. The zero-order chi connectivity index (χ0) is 13.2. The van der Waals surface area contributed by atoms with Gasteiger partial charge in [0.2, 0.25) is 11.8 Å². The third kappa shape index (κ3) is 5.49. The molecule has 0 unspecified atom stereocenters. The molecule has 0 spiro atoms. The van der Waals surface area contributed by atoms with Crippen LogP contribution in [0.15, 0.2) is 18.3 Å². The predicted octanol–water partition coefficient (Wildman–Crippen LogP) is 0.655. The van der Waals surface area contributed by atoms with Gasteiger partial charge in [0.25, 0.3) is 0 Å². The first kappa shape index (κ1) is 14.2. The van der Waals surface area contributed by atoms with Crippen LogP contribution in [0.4, 0.5) is 5.69 Å². The molecular formula is C12H19N3O3. The summed E-state index contributed by atoms with van der Waals surface area (Å²) in [5, 5.41) is 5.68. The van der Waals surface area contributed by atoms with Gasteiger partial charge in [0, 0.05) is 19.7 Å². The fraction of sp³-hybridized carbons (Fsp3) is 0.500. The van der Waals surface area contributed by atoms with Crippen molar-refractivity contribution in [3.05, 3.63) is 18.3 Å². The second kappa shape index (κ2) is 8.30. The minimum Gasteiger partial charge on any atom is -0.478 e. The number of ether oxygens (including phenoxy) is 2. The molecule has 0 aliphatic rings. The molecule has 0 aliphatic carbocycles. The molecular weight excluding hydrogens is 234 g/mol. The Morgan fingerprint density at radius 1 is 1.44 bits per heavy atom. The van der Waals surface area contributed by atoms with Gasteiger partial charge in [0.05, 0.1) is 31.6 Å². The highest BCUT2D eigenvalue weighted by Gasteiger charge is 2.01. The number of amides is 1. The highest BCUT2D eigenvalue weighted by atomic mass is 16.5. The van der Waals surface area contributed by atoms with E-state index in [1.54, 1.807) is 19.4 Å². The van der Waals surface area contributed by atoms with Crippen LogP contribution in [-0.4, -0.2) is 44.3 Å². The molecule has 6 heteroatoms. The first-order valence-electron chi connectivity index (χ1n) is 5.84. The van der Waals surface area contributed by atoms with Crippen molar-refractivity contribution >= 4 is 11.6 Å². The molecule has 0 atom stereocenters. The van der Waals surface area contributed by atoms with E-state index in [0.29, 0.717) is 25.6 Å². The van der Waals surface area contributed by atoms with Crippen molar-refractivity contribution in [2.75, 3.05) is 38.7 Å². The van der Waals surface area contributed by atoms with Crippen LogP contribution in [0.1, 0.15) is 6.92 Å². The monoisotopic (exact) mass is 253 g/mol. The number of rotatable bonds is 8. The molecule has 1 heterocycles. The second-order valence-electron chi connectivity index (χ2n) is 3.51. The van der Waals surface area contributed by atoms with E-state index in [1.807, 2.05) is 13.0 Å². The molecule has 0 aromatic carbocycles. The van der Waals surface area contributed by atoms with E-state index in [9.17, 15) is 4.79 Å². The summed E-state index contributed by atoms with van der Waals surface area (Å²) in [6, 6.07) is 3.58. The molecule has 18 heavy (non-hydrogen) atoms. The standard InChI is InChI=1S/C12H19N3O3/c1-3-18-12-5-4-10(8-15-12)14-9-11(16)13-6-7-17-2/h4-5,8,14H,3,6-7,9H2,1-2H3,(H,13,16). The summed E-state index contributed by atoms with van der Waals surface area (Å²) in [7, 11) is 1.59. The first-order valence-corrected chi connectivity index (χ1v) is 5.84. The van der Waals surface area contributed by atoms with Crippen molar-refractivity contribution in [2.24, 2.45) is 0 Å². The molecule has 0 saturated heterocycles. The van der Waals surface area contributed by atoms with Gasteiger partial charge in [-0.25, -0.2) is 4.98 Å². The van der Waals surface area contributed by atoms with Crippen LogP contribution in [0.3, 0.4) is 0 Å². The quantitative estimate of drug-likeness (QED) is 0.666. The maximum atomic E-state index is 11.4. The number of aromatic nitrogens is 1. The SMILES string of the molecule is CCOc1ccc(NCC(=O)NCCOC)cn1. The van der Waals surface area contributed by atoms with Gasteiger partial charge < -0.3 is 20.1 Å². The van der Waals surface area contributed by atoms with Crippen molar-refractivity contribution in [2.45, 2.75) is 6.92 Å². The van der Waals surface area contributed by atoms with Crippen molar-refractivity contribution in [3.8, 4) is 5.88 Å². The summed E-state index contributed by atoms with van der Waals surface area (Å²) in [4.78, 5) is 15.5. The van der Waals surface area contributed by atoms with E-state index in [2.05, 4.69) is 15.6 Å². The fourth-order valence-electron chi connectivity index (χ4n) is 1.26. The maximum absolute atomic E-state index is 11.4. The molecule has 100 valence electrons. The van der Waals surface area contributed by atoms with Crippen LogP contribution >= 0.6 is 0 Å². The molecule has 1 aromatic heterocycles. The summed E-state index contributed by atoms with van der Waals surface area (Å²) in [5.41, 5.74) is 0.778. The number of nitrogens with zero attached hydrogens (tertiary/aromatic N) is 1. The predicted molar refractivity (Wildman–Crippen MR) is 68.8 cm³/mol. The van der Waals surface area contributed by atoms with E-state index in [0.717, 1.165) is 5.69 Å². The summed E-state index contributed by atoms with van der Waals surface area (Å²) < 4.78 is 10.1. The number of hydrogen-bond donors (Lipinski definition) is 2. The Kier molecular flexibility index (Phi) is 6.56. The zero-order valence-electron chi connectivity index (χ0n) is 10.7. The van der Waals surface area contributed by atoms with E-state index in [4.69, 9.17) is 9.47 Å². The minimum atomic E-state index is -0.0825. The van der Waals surface area contributed by atoms with Crippen LogP contribution in [0.2, 0.25) is 0 Å². The lowest BCUT2D eigenvalue weighted by atomic mass is 10.4. The summed E-state index contributed by atoms with van der Waals surface area (Å²) in [6.07, 6.45) is 1.63. The molecule has 1 aromatic rings. The van der Waals surface area contributed by atoms with Crippen LogP contribution in [0.25, 0.3) is 0 Å². The minimum absolute atomic E-state index is 0.0825. The average Bonchev–Trinajstić information content (AvgIpc) is 2.39. The highest BCUT2D eigenvalue weighted by Crippen LogP contribution is 2.10. The molecule has 0 radical (unpaired) electrons. The molecule has 1 rings (SSSR count). The highest BCUT2D eigenvalue weighted by molar-refractivity contribution is 5.80. The lowest BCUT2D eigenvalue weighted by Gasteiger charge is -2.08. The van der Waals surface area contributed by atoms with Gasteiger partial charge in [0.15, 0.2) is 0 Å². The van der Waals surface area contributed by atoms with Crippen LogP contribution in [0.5, 0.6) is 5.88 Å². The maximum Gasteiger partial charge on any atom is 0.239 e. The van der Waals surface area contributed by atoms with E-state index < -0.39 is 0 Å². The normalized spacial score (nSPS) is 9.89. The summed E-state index contributed by atoms with van der Waals surface area (Å²) >= 11 is 0. The lowest BCUT2D eigenvalue weighted by molar-refractivity contribution is -0.119. The third-order valence-electron chi connectivity index (χ3n) is 2.11. The van der Waals surface area contributed by atoms with E-state index in [-0.39, 0.29) is 12.5 Å². The molecule has 0 bridgehead atoms. The molecule has 0 fully saturated rings. The Hall–Kier alpha value is -1.82. The number of carbonyl (C=O) groups excluding carboxylic acids is 1. The van der Waals surface area contributed by atoms with Gasteiger partial charge >= 0.3 is 0 Å². The Morgan fingerprint density at radius 2 is 2.28 bits per heavy atom. The van der Waals surface area contributed by atoms with Gasteiger partial charge in [0.1, 0.15) is 0 Å². The number of pyridine rings is 1. The Morgan fingerprint density at radius 3 is 2.89 bits per heavy atom. The van der Waals surface area contributed by atoms with Crippen molar-refractivity contribution < 1.29 is 14.3 Å². The fourth-order valence-corrected chi connectivity index (χ4v) is 1.26. The Labute approximate surface area is 107 Å². The number of anilines is 1. The number of carbonyl (C=O) groups is 1. The molecule has 0 aliphatic heterocycles. The zero-order valence-corrected chi connectivity index (χ0v) is 10.7. The summed E-state index contributed by atoms with van der Waals surface area (Å²) in [5.74, 6) is 0.494. The molecule has 1 amide bonds.